The zero-order valence-corrected chi connectivity index (χ0v) is 23.3. The van der Waals surface area contributed by atoms with Gasteiger partial charge in [-0.2, -0.15) is 5.10 Å². The molecule has 7 nitrogen and oxygen atoms in total. The van der Waals surface area contributed by atoms with Crippen LogP contribution < -0.4 is 9.73 Å². The number of hydrazone groups is 1. The first kappa shape index (κ1) is 27.4. The molecular weight excluding hydrogens is 543 g/mol. The highest BCUT2D eigenvalue weighted by Crippen LogP contribution is 2.31. The number of rotatable bonds is 8. The minimum absolute atomic E-state index is 0.0870. The van der Waals surface area contributed by atoms with Crippen molar-refractivity contribution >= 4 is 51.0 Å². The molecule has 0 atom stereocenters. The van der Waals surface area contributed by atoms with Gasteiger partial charge in [0, 0.05) is 17.0 Å². The van der Waals surface area contributed by atoms with Gasteiger partial charge in [-0.05, 0) is 63.2 Å². The third-order valence-corrected chi connectivity index (χ3v) is 8.57. The molecule has 0 radical (unpaired) electrons. The zero-order chi connectivity index (χ0) is 27.4. The highest BCUT2D eigenvalue weighted by molar-refractivity contribution is 7.92. The van der Waals surface area contributed by atoms with Gasteiger partial charge in [0.05, 0.1) is 32.5 Å². The Hall–Kier alpha value is -3.59. The molecule has 4 rings (SSSR count). The molecule has 0 saturated heterocycles. The first-order valence-electron chi connectivity index (χ1n) is 11.7. The standard InChI is InChI=1S/C28H26Cl2N4O3S/c1-19-12-14-23(15-13-19)33(38(36,37)24-8-5-4-6-9-24)18-27(35)32-31-17-22-16-20(2)34(21(22)3)26-11-7-10-25(29)28(26)30/h4-17H,18H2,1-3H3,(H,32,35)/b31-17-. The molecule has 0 aliphatic rings. The summed E-state index contributed by atoms with van der Waals surface area (Å²) in [5, 5.41) is 4.97. The van der Waals surface area contributed by atoms with Gasteiger partial charge in [0.25, 0.3) is 15.9 Å². The number of hydrogen-bond acceptors (Lipinski definition) is 4. The summed E-state index contributed by atoms with van der Waals surface area (Å²) in [5.74, 6) is -0.590. The number of nitrogens with zero attached hydrogens (tertiary/aromatic N) is 3. The number of nitrogens with one attached hydrogen (secondary N) is 1. The number of aryl methyl sites for hydroxylation is 2. The van der Waals surface area contributed by atoms with Gasteiger partial charge in [-0.3, -0.25) is 9.10 Å². The Morgan fingerprint density at radius 3 is 2.34 bits per heavy atom. The number of carbonyl (C=O) groups excluding carboxylic acids is 1. The predicted molar refractivity (Wildman–Crippen MR) is 153 cm³/mol. The normalized spacial score (nSPS) is 11.6. The summed E-state index contributed by atoms with van der Waals surface area (Å²) in [6.45, 7) is 5.28. The molecule has 0 aliphatic heterocycles. The molecule has 1 heterocycles. The minimum Gasteiger partial charge on any atom is -0.316 e. The van der Waals surface area contributed by atoms with Crippen LogP contribution >= 0.6 is 23.2 Å². The van der Waals surface area contributed by atoms with Crippen LogP contribution in [0.15, 0.2) is 88.9 Å². The van der Waals surface area contributed by atoms with E-state index in [2.05, 4.69) is 10.5 Å². The summed E-state index contributed by atoms with van der Waals surface area (Å²) in [7, 11) is -3.99. The number of hydrogen-bond donors (Lipinski definition) is 1. The summed E-state index contributed by atoms with van der Waals surface area (Å²) >= 11 is 12.6. The fourth-order valence-electron chi connectivity index (χ4n) is 4.04. The van der Waals surface area contributed by atoms with E-state index in [9.17, 15) is 13.2 Å². The Labute approximate surface area is 232 Å². The quantitative estimate of drug-likeness (QED) is 0.207. The average molecular weight is 570 g/mol. The topological polar surface area (TPSA) is 83.8 Å². The Kier molecular flexibility index (Phi) is 8.26. The van der Waals surface area contributed by atoms with Crippen LogP contribution in [0.25, 0.3) is 5.69 Å². The van der Waals surface area contributed by atoms with Crippen molar-refractivity contribution in [1.82, 2.24) is 9.99 Å². The van der Waals surface area contributed by atoms with Gasteiger partial charge in [0.15, 0.2) is 0 Å². The van der Waals surface area contributed by atoms with Crippen molar-refractivity contribution in [3.8, 4) is 5.69 Å². The van der Waals surface area contributed by atoms with E-state index < -0.39 is 22.5 Å². The lowest BCUT2D eigenvalue weighted by molar-refractivity contribution is -0.119. The lowest BCUT2D eigenvalue weighted by Gasteiger charge is -2.23. The molecule has 0 aliphatic carbocycles. The largest absolute Gasteiger partial charge is 0.316 e. The lowest BCUT2D eigenvalue weighted by atomic mass is 10.2. The Balaban J connectivity index is 1.56. The molecule has 1 aromatic heterocycles. The maximum Gasteiger partial charge on any atom is 0.264 e. The second-order valence-electron chi connectivity index (χ2n) is 8.69. The van der Waals surface area contributed by atoms with Crippen molar-refractivity contribution in [2.75, 3.05) is 10.8 Å². The number of carbonyl (C=O) groups is 1. The van der Waals surface area contributed by atoms with Crippen LogP contribution in [0.4, 0.5) is 5.69 Å². The lowest BCUT2D eigenvalue weighted by Crippen LogP contribution is -2.39. The number of aromatic nitrogens is 1. The number of sulfonamides is 1. The maximum atomic E-state index is 13.4. The van der Waals surface area contributed by atoms with Crippen molar-refractivity contribution in [2.45, 2.75) is 25.7 Å². The molecule has 0 saturated carbocycles. The molecule has 0 fully saturated rings. The van der Waals surface area contributed by atoms with Crippen molar-refractivity contribution in [1.29, 1.82) is 0 Å². The van der Waals surface area contributed by atoms with Gasteiger partial charge in [-0.25, -0.2) is 13.8 Å². The van der Waals surface area contributed by atoms with Crippen LogP contribution in [-0.2, 0) is 14.8 Å². The van der Waals surface area contributed by atoms with Crippen LogP contribution in [0.2, 0.25) is 10.0 Å². The molecule has 38 heavy (non-hydrogen) atoms. The molecule has 1 N–H and O–H groups in total. The second-order valence-corrected chi connectivity index (χ2v) is 11.3. The van der Waals surface area contributed by atoms with E-state index in [-0.39, 0.29) is 4.90 Å². The van der Waals surface area contributed by atoms with E-state index in [0.29, 0.717) is 15.7 Å². The third kappa shape index (κ3) is 5.78. The summed E-state index contributed by atoms with van der Waals surface area (Å²) in [5.41, 5.74) is 7.03. The fraction of sp³-hybridized carbons (Fsp3) is 0.143. The Bertz CT molecular complexity index is 1600. The Morgan fingerprint density at radius 1 is 0.974 bits per heavy atom. The molecule has 10 heteroatoms. The summed E-state index contributed by atoms with van der Waals surface area (Å²) in [6, 6.07) is 22.2. The molecule has 1 amide bonds. The number of halogens is 2. The van der Waals surface area contributed by atoms with Crippen molar-refractivity contribution in [3.05, 3.63) is 111 Å². The van der Waals surface area contributed by atoms with Crippen molar-refractivity contribution in [2.24, 2.45) is 5.10 Å². The predicted octanol–water partition coefficient (Wildman–Crippen LogP) is 6.05. The maximum absolute atomic E-state index is 13.4. The molecule has 0 bridgehead atoms. The van der Waals surface area contributed by atoms with Gasteiger partial charge >= 0.3 is 0 Å². The molecule has 196 valence electrons. The monoisotopic (exact) mass is 568 g/mol. The van der Waals surface area contributed by atoms with Crippen LogP contribution in [0.1, 0.15) is 22.5 Å². The average Bonchev–Trinajstić information content (AvgIpc) is 3.18. The Morgan fingerprint density at radius 2 is 1.66 bits per heavy atom. The summed E-state index contributed by atoms with van der Waals surface area (Å²) in [4.78, 5) is 12.9. The first-order valence-corrected chi connectivity index (χ1v) is 13.9. The van der Waals surface area contributed by atoms with Gasteiger partial charge in [0.1, 0.15) is 6.54 Å². The summed E-state index contributed by atoms with van der Waals surface area (Å²) < 4.78 is 29.8. The van der Waals surface area contributed by atoms with Crippen molar-refractivity contribution in [3.63, 3.8) is 0 Å². The fourth-order valence-corrected chi connectivity index (χ4v) is 5.86. The number of benzene rings is 3. The molecule has 3 aromatic carbocycles. The first-order chi connectivity index (χ1) is 18.1. The van der Waals surface area contributed by atoms with Crippen LogP contribution in [0, 0.1) is 20.8 Å². The highest BCUT2D eigenvalue weighted by atomic mass is 35.5. The number of anilines is 1. The SMILES string of the molecule is Cc1ccc(N(CC(=O)N/N=C\c2cc(C)n(-c3cccc(Cl)c3Cl)c2C)S(=O)(=O)c2ccccc2)cc1. The zero-order valence-electron chi connectivity index (χ0n) is 21.0. The van der Waals surface area contributed by atoms with E-state index in [0.717, 1.165) is 32.5 Å². The smallest absolute Gasteiger partial charge is 0.264 e. The van der Waals surface area contributed by atoms with E-state index in [1.54, 1.807) is 48.5 Å². The van der Waals surface area contributed by atoms with Crippen LogP contribution in [0.5, 0.6) is 0 Å². The van der Waals surface area contributed by atoms with E-state index >= 15 is 0 Å². The van der Waals surface area contributed by atoms with Gasteiger partial charge in [0.2, 0.25) is 0 Å². The van der Waals surface area contributed by atoms with Gasteiger partial charge in [-0.15, -0.1) is 0 Å². The van der Waals surface area contributed by atoms with Gasteiger partial charge < -0.3 is 4.57 Å². The molecule has 0 spiro atoms. The molecule has 0 unspecified atom stereocenters. The minimum atomic E-state index is -3.99. The van der Waals surface area contributed by atoms with Crippen molar-refractivity contribution < 1.29 is 13.2 Å². The number of amides is 1. The second kappa shape index (κ2) is 11.4. The van der Waals surface area contributed by atoms with Gasteiger partial charge in [-0.1, -0.05) is 65.2 Å². The van der Waals surface area contributed by atoms with Crippen LogP contribution in [0.3, 0.4) is 0 Å². The summed E-state index contributed by atoms with van der Waals surface area (Å²) in [6.07, 6.45) is 1.51. The van der Waals surface area contributed by atoms with E-state index in [1.165, 1.54) is 18.3 Å². The van der Waals surface area contributed by atoms with E-state index in [1.807, 2.05) is 43.5 Å². The van der Waals surface area contributed by atoms with Crippen LogP contribution in [-0.4, -0.2) is 31.7 Å². The highest BCUT2D eigenvalue weighted by Gasteiger charge is 2.27. The molecular formula is C28H26Cl2N4O3S. The molecule has 4 aromatic rings. The van der Waals surface area contributed by atoms with E-state index in [4.69, 9.17) is 23.2 Å². The third-order valence-electron chi connectivity index (χ3n) is 5.98.